The van der Waals surface area contributed by atoms with E-state index in [1.54, 1.807) is 40.2 Å². The normalized spacial score (nSPS) is 12.8. The number of halogens is 1. The number of carbonyl (C=O) groups is 2. The fourth-order valence-electron chi connectivity index (χ4n) is 5.30. The summed E-state index contributed by atoms with van der Waals surface area (Å²) in [5.74, 6) is 0.159. The van der Waals surface area contributed by atoms with E-state index < -0.39 is 0 Å². The van der Waals surface area contributed by atoms with E-state index in [0.29, 0.717) is 21.4 Å². The lowest BCUT2D eigenvalue weighted by Gasteiger charge is -2.13. The Morgan fingerprint density at radius 3 is 2.53 bits per heavy atom. The zero-order valence-electron chi connectivity index (χ0n) is 23.7. The number of thiazole rings is 1. The third-order valence-electron chi connectivity index (χ3n) is 7.45. The fourth-order valence-corrected chi connectivity index (χ4v) is 9.55. The number of carbonyl (C=O) groups excluding carboxylic acids is 2. The van der Waals surface area contributed by atoms with Crippen molar-refractivity contribution in [3.63, 3.8) is 0 Å². The molecule has 0 fully saturated rings. The Bertz CT molecular complexity index is 2120. The van der Waals surface area contributed by atoms with Gasteiger partial charge in [0.25, 0.3) is 5.56 Å². The average molecular weight is 689 g/mol. The fraction of sp³-hybridized carbons (Fsp3) is 0.182. The van der Waals surface area contributed by atoms with Crippen molar-refractivity contribution >= 4 is 95.6 Å². The maximum atomic E-state index is 13.9. The van der Waals surface area contributed by atoms with Gasteiger partial charge in [-0.15, -0.1) is 22.7 Å². The van der Waals surface area contributed by atoms with Crippen molar-refractivity contribution in [3.05, 3.63) is 104 Å². The maximum Gasteiger partial charge on any atom is 0.267 e. The van der Waals surface area contributed by atoms with E-state index in [1.807, 2.05) is 48.5 Å². The number of rotatable bonds is 9. The van der Waals surface area contributed by atoms with E-state index in [1.165, 1.54) is 39.7 Å². The molecule has 1 aliphatic rings. The molecule has 0 bridgehead atoms. The van der Waals surface area contributed by atoms with Crippen LogP contribution < -0.4 is 10.9 Å². The second-order valence-electron chi connectivity index (χ2n) is 10.5. The van der Waals surface area contributed by atoms with Crippen LogP contribution in [0, 0.1) is 0 Å². The van der Waals surface area contributed by atoms with Gasteiger partial charge in [-0.05, 0) is 85.8 Å². The van der Waals surface area contributed by atoms with Crippen molar-refractivity contribution in [2.75, 3.05) is 16.8 Å². The van der Waals surface area contributed by atoms with Crippen molar-refractivity contribution in [3.8, 4) is 5.69 Å². The first-order valence-electron chi connectivity index (χ1n) is 14.3. The van der Waals surface area contributed by atoms with Crippen molar-refractivity contribution in [2.24, 2.45) is 0 Å². The number of hydrogen-bond acceptors (Lipinski definition) is 9. The average Bonchev–Trinajstić information content (AvgIpc) is 3.64. The van der Waals surface area contributed by atoms with Crippen LogP contribution in [0.15, 0.2) is 87.1 Å². The number of benzene rings is 3. The van der Waals surface area contributed by atoms with E-state index >= 15 is 0 Å². The molecule has 0 radical (unpaired) electrons. The molecule has 1 amide bonds. The zero-order valence-corrected chi connectivity index (χ0v) is 27.8. The number of nitrogens with one attached hydrogen (secondary N) is 1. The molecule has 0 spiro atoms. The molecule has 0 atom stereocenters. The first kappa shape index (κ1) is 30.2. The SMILES string of the molecule is O=C(CSc1nc2sc3c(c2c(=O)n1-c1ccccc1)CCCC3)Nc1ccc2nc(SCC(=O)c3ccc(Cl)cc3)sc2c1. The summed E-state index contributed by atoms with van der Waals surface area (Å²) in [7, 11) is 0. The summed E-state index contributed by atoms with van der Waals surface area (Å²) >= 11 is 11.7. The topological polar surface area (TPSA) is 93.9 Å². The van der Waals surface area contributed by atoms with Gasteiger partial charge >= 0.3 is 0 Å². The first-order chi connectivity index (χ1) is 21.9. The van der Waals surface area contributed by atoms with E-state index in [4.69, 9.17) is 16.6 Å². The molecule has 7 rings (SSSR count). The van der Waals surface area contributed by atoms with Crippen LogP contribution in [-0.4, -0.2) is 37.7 Å². The number of nitrogens with zero attached hydrogens (tertiary/aromatic N) is 3. The van der Waals surface area contributed by atoms with Gasteiger partial charge in [0.2, 0.25) is 5.91 Å². The quantitative estimate of drug-likeness (QED) is 0.0928. The van der Waals surface area contributed by atoms with Crippen LogP contribution >= 0.6 is 57.8 Å². The van der Waals surface area contributed by atoms with E-state index in [9.17, 15) is 14.4 Å². The molecule has 3 aromatic carbocycles. The van der Waals surface area contributed by atoms with E-state index in [-0.39, 0.29) is 28.8 Å². The summed E-state index contributed by atoms with van der Waals surface area (Å²) in [6.07, 6.45) is 4.10. The molecule has 0 saturated carbocycles. The van der Waals surface area contributed by atoms with Crippen molar-refractivity contribution < 1.29 is 9.59 Å². The summed E-state index contributed by atoms with van der Waals surface area (Å²) in [4.78, 5) is 51.1. The maximum absolute atomic E-state index is 13.9. The van der Waals surface area contributed by atoms with Gasteiger partial charge in [0.15, 0.2) is 15.3 Å². The van der Waals surface area contributed by atoms with Gasteiger partial charge in [-0.1, -0.05) is 53.3 Å². The van der Waals surface area contributed by atoms with Crippen molar-refractivity contribution in [2.45, 2.75) is 35.2 Å². The molecule has 6 aromatic rings. The number of fused-ring (bicyclic) bond motifs is 4. The number of Topliss-reactive ketones (excluding diaryl/α,β-unsaturated/α-hetero) is 1. The number of anilines is 1. The highest BCUT2D eigenvalue weighted by atomic mass is 35.5. The molecule has 3 aromatic heterocycles. The second-order valence-corrected chi connectivity index (χ2v) is 15.2. The molecule has 0 unspecified atom stereocenters. The monoisotopic (exact) mass is 688 g/mol. The van der Waals surface area contributed by atoms with Crippen molar-refractivity contribution in [1.29, 1.82) is 0 Å². The molecule has 1 aliphatic carbocycles. The standard InChI is InChI=1S/C33H25ClN4O3S4/c34-20-12-10-19(11-13-20)25(39)17-43-33-36-24-15-14-21(16-27(24)45-33)35-28(40)18-42-32-37-30-29(23-8-4-5-9-26(23)44-30)31(41)38(32)22-6-2-1-3-7-22/h1-3,6-7,10-16H,4-5,8-9,17-18H2,(H,35,40). The van der Waals surface area contributed by atoms with Crippen LogP contribution in [0.3, 0.4) is 0 Å². The van der Waals surface area contributed by atoms with E-state index in [2.05, 4.69) is 10.3 Å². The summed E-state index contributed by atoms with van der Waals surface area (Å²) in [5, 5.41) is 4.79. The minimum Gasteiger partial charge on any atom is -0.325 e. The summed E-state index contributed by atoms with van der Waals surface area (Å²) < 4.78 is 3.33. The van der Waals surface area contributed by atoms with Gasteiger partial charge in [-0.2, -0.15) is 0 Å². The number of aryl methyl sites for hydroxylation is 2. The van der Waals surface area contributed by atoms with Crippen molar-refractivity contribution in [1.82, 2.24) is 14.5 Å². The Morgan fingerprint density at radius 2 is 1.71 bits per heavy atom. The number of thioether (sulfide) groups is 2. The molecule has 226 valence electrons. The third kappa shape index (κ3) is 6.45. The van der Waals surface area contributed by atoms with Crippen LogP contribution in [0.1, 0.15) is 33.6 Å². The minimum absolute atomic E-state index is 0.00591. The van der Waals surface area contributed by atoms with Gasteiger partial charge in [0.1, 0.15) is 4.83 Å². The molecular formula is C33H25ClN4O3S4. The Kier molecular flexibility index (Phi) is 8.78. The van der Waals surface area contributed by atoms with Gasteiger partial charge < -0.3 is 5.32 Å². The smallest absolute Gasteiger partial charge is 0.267 e. The Labute approximate surface area is 280 Å². The molecule has 3 heterocycles. The predicted molar refractivity (Wildman–Crippen MR) is 187 cm³/mol. The number of para-hydroxylation sites is 1. The Morgan fingerprint density at radius 1 is 0.911 bits per heavy atom. The number of amides is 1. The zero-order chi connectivity index (χ0) is 30.9. The van der Waals surface area contributed by atoms with Crippen LogP contribution in [0.4, 0.5) is 5.69 Å². The predicted octanol–water partition coefficient (Wildman–Crippen LogP) is 8.29. The Balaban J connectivity index is 1.06. The van der Waals surface area contributed by atoms with Gasteiger partial charge in [-0.25, -0.2) is 9.97 Å². The molecular weight excluding hydrogens is 664 g/mol. The molecule has 45 heavy (non-hydrogen) atoms. The van der Waals surface area contributed by atoms with Gasteiger partial charge in [0, 0.05) is 21.2 Å². The summed E-state index contributed by atoms with van der Waals surface area (Å²) in [6, 6.07) is 21.9. The third-order valence-corrected chi connectivity index (χ3v) is 12.0. The molecule has 1 N–H and O–H groups in total. The van der Waals surface area contributed by atoms with Crippen LogP contribution in [0.5, 0.6) is 0 Å². The Hall–Kier alpha value is -3.48. The lowest BCUT2D eigenvalue weighted by molar-refractivity contribution is -0.113. The number of ketones is 1. The number of thiophene rings is 1. The summed E-state index contributed by atoms with van der Waals surface area (Å²) in [6.45, 7) is 0. The lowest BCUT2D eigenvalue weighted by atomic mass is 9.97. The van der Waals surface area contributed by atoms with Crippen LogP contribution in [0.2, 0.25) is 5.02 Å². The highest BCUT2D eigenvalue weighted by Gasteiger charge is 2.23. The summed E-state index contributed by atoms with van der Waals surface area (Å²) in [5.41, 5.74) is 3.87. The molecule has 7 nitrogen and oxygen atoms in total. The number of hydrogen-bond donors (Lipinski definition) is 1. The minimum atomic E-state index is -0.202. The highest BCUT2D eigenvalue weighted by Crippen LogP contribution is 2.36. The van der Waals surface area contributed by atoms with Crippen LogP contribution in [0.25, 0.3) is 26.1 Å². The van der Waals surface area contributed by atoms with Crippen LogP contribution in [-0.2, 0) is 17.6 Å². The number of aromatic nitrogens is 3. The van der Waals surface area contributed by atoms with Gasteiger partial charge in [-0.3, -0.25) is 19.0 Å². The molecule has 12 heteroatoms. The molecule has 0 aliphatic heterocycles. The largest absolute Gasteiger partial charge is 0.325 e. The van der Waals surface area contributed by atoms with E-state index in [0.717, 1.165) is 61.7 Å². The highest BCUT2D eigenvalue weighted by molar-refractivity contribution is 8.01. The van der Waals surface area contributed by atoms with Gasteiger partial charge in [0.05, 0.1) is 32.8 Å². The first-order valence-corrected chi connectivity index (χ1v) is 18.3. The second kappa shape index (κ2) is 13.1. The molecule has 0 saturated heterocycles. The lowest BCUT2D eigenvalue weighted by Crippen LogP contribution is -2.23.